The number of esters is 1. The van der Waals surface area contributed by atoms with E-state index in [1.165, 1.54) is 0 Å². The fourth-order valence-corrected chi connectivity index (χ4v) is 4.12. The minimum atomic E-state index is -0.372. The molecule has 0 saturated carbocycles. The van der Waals surface area contributed by atoms with E-state index in [-0.39, 0.29) is 30.8 Å². The van der Waals surface area contributed by atoms with Gasteiger partial charge >= 0.3 is 5.97 Å². The van der Waals surface area contributed by atoms with Crippen LogP contribution in [0.15, 0.2) is 53.7 Å². The highest BCUT2D eigenvalue weighted by atomic mass is 35.5. The maximum Gasteiger partial charge on any atom is 0.336 e. The third kappa shape index (κ3) is 2.71. The van der Waals surface area contributed by atoms with Crippen molar-refractivity contribution >= 4 is 29.2 Å². The Morgan fingerprint density at radius 2 is 1.77 bits per heavy atom. The van der Waals surface area contributed by atoms with E-state index in [1.54, 1.807) is 11.0 Å². The van der Waals surface area contributed by atoms with Gasteiger partial charge in [0, 0.05) is 23.0 Å². The molecule has 0 spiro atoms. The van der Waals surface area contributed by atoms with Crippen LogP contribution in [0.25, 0.3) is 0 Å². The highest BCUT2D eigenvalue weighted by Crippen LogP contribution is 2.43. The Kier molecular flexibility index (Phi) is 4.08. The quantitative estimate of drug-likeness (QED) is 0.744. The summed E-state index contributed by atoms with van der Waals surface area (Å²) >= 11 is 6.34. The first-order chi connectivity index (χ1) is 12.5. The second-order valence-electron chi connectivity index (χ2n) is 6.79. The minimum absolute atomic E-state index is 0.0584. The first-order valence-electron chi connectivity index (χ1n) is 8.51. The number of nitrogens with zero attached hydrogens (tertiary/aromatic N) is 1. The lowest BCUT2D eigenvalue weighted by molar-refractivity contribution is -0.136. The Hall–Kier alpha value is -2.59. The van der Waals surface area contributed by atoms with Crippen molar-refractivity contribution in [3.8, 4) is 0 Å². The van der Waals surface area contributed by atoms with Crippen LogP contribution in [-0.2, 0) is 14.3 Å². The fraction of sp³-hybridized carbons (Fsp3) is 0.238. The van der Waals surface area contributed by atoms with Gasteiger partial charge in [-0.3, -0.25) is 9.69 Å². The highest BCUT2D eigenvalue weighted by Gasteiger charge is 2.43. The van der Waals surface area contributed by atoms with Gasteiger partial charge in [-0.2, -0.15) is 0 Å². The number of aryl methyl sites for hydroxylation is 2. The lowest BCUT2D eigenvalue weighted by Crippen LogP contribution is -2.37. The van der Waals surface area contributed by atoms with Gasteiger partial charge < -0.3 is 4.74 Å². The largest absolute Gasteiger partial charge is 0.456 e. The number of carbonyl (C=O) groups excluding carboxylic acids is 2. The molecule has 2 aliphatic heterocycles. The maximum atomic E-state index is 13.0. The monoisotopic (exact) mass is 367 g/mol. The molecule has 0 bridgehead atoms. The van der Waals surface area contributed by atoms with E-state index in [0.29, 0.717) is 16.3 Å². The van der Waals surface area contributed by atoms with Crippen LogP contribution in [0.4, 0.5) is 5.69 Å². The molecule has 2 heterocycles. The Morgan fingerprint density at radius 1 is 1.08 bits per heavy atom. The second kappa shape index (κ2) is 6.29. The molecule has 132 valence electrons. The van der Waals surface area contributed by atoms with E-state index in [2.05, 4.69) is 6.07 Å². The molecular formula is C21H18ClNO3. The second-order valence-corrected chi connectivity index (χ2v) is 7.20. The Morgan fingerprint density at radius 3 is 2.46 bits per heavy atom. The van der Waals surface area contributed by atoms with Crippen LogP contribution < -0.4 is 4.90 Å². The van der Waals surface area contributed by atoms with E-state index >= 15 is 0 Å². The van der Waals surface area contributed by atoms with Gasteiger partial charge in [0.1, 0.15) is 6.61 Å². The first-order valence-corrected chi connectivity index (χ1v) is 8.89. The summed E-state index contributed by atoms with van der Waals surface area (Å²) in [6.45, 7) is 4.08. The molecule has 26 heavy (non-hydrogen) atoms. The van der Waals surface area contributed by atoms with E-state index < -0.39 is 0 Å². The van der Waals surface area contributed by atoms with Crippen LogP contribution in [0, 0.1) is 13.8 Å². The molecule has 4 rings (SSSR count). The number of ether oxygens (including phenoxy) is 1. The van der Waals surface area contributed by atoms with E-state index in [4.69, 9.17) is 16.3 Å². The third-order valence-electron chi connectivity index (χ3n) is 4.86. The predicted molar refractivity (Wildman–Crippen MR) is 100 cm³/mol. The Labute approximate surface area is 157 Å². The highest BCUT2D eigenvalue weighted by molar-refractivity contribution is 6.31. The number of rotatable bonds is 2. The molecule has 2 aliphatic rings. The van der Waals surface area contributed by atoms with Gasteiger partial charge in [-0.15, -0.1) is 0 Å². The summed E-state index contributed by atoms with van der Waals surface area (Å²) in [4.78, 5) is 27.1. The number of anilines is 1. The Bertz CT molecular complexity index is 943. The Balaban J connectivity index is 1.87. The summed E-state index contributed by atoms with van der Waals surface area (Å²) in [6, 6.07) is 13.3. The van der Waals surface area contributed by atoms with E-state index in [1.807, 2.05) is 44.2 Å². The predicted octanol–water partition coefficient (Wildman–Crippen LogP) is 4.29. The molecule has 5 heteroatoms. The van der Waals surface area contributed by atoms with E-state index in [9.17, 15) is 9.59 Å². The number of benzene rings is 2. The van der Waals surface area contributed by atoms with Gasteiger partial charge in [-0.05, 0) is 48.7 Å². The van der Waals surface area contributed by atoms with Gasteiger partial charge in [0.05, 0.1) is 11.3 Å². The average Bonchev–Trinajstić information content (AvgIpc) is 2.95. The lowest BCUT2D eigenvalue weighted by Gasteiger charge is -2.32. The van der Waals surface area contributed by atoms with Gasteiger partial charge in [-0.25, -0.2) is 4.79 Å². The number of carbonyl (C=O) groups is 2. The number of amides is 1. The molecule has 0 N–H and O–H groups in total. The zero-order valence-corrected chi connectivity index (χ0v) is 15.3. The van der Waals surface area contributed by atoms with Crippen molar-refractivity contribution < 1.29 is 14.3 Å². The third-order valence-corrected chi connectivity index (χ3v) is 5.21. The molecule has 2 aromatic carbocycles. The smallest absolute Gasteiger partial charge is 0.336 e. The van der Waals surface area contributed by atoms with Crippen molar-refractivity contribution in [1.29, 1.82) is 0 Å². The molecule has 1 atom stereocenters. The molecule has 2 aromatic rings. The van der Waals surface area contributed by atoms with Crippen LogP contribution in [0.5, 0.6) is 0 Å². The lowest BCUT2D eigenvalue weighted by atomic mass is 9.84. The molecule has 1 amide bonds. The summed E-state index contributed by atoms with van der Waals surface area (Å²) in [5.74, 6) is -0.799. The molecular weight excluding hydrogens is 350 g/mol. The van der Waals surface area contributed by atoms with Crippen LogP contribution in [0.2, 0.25) is 5.02 Å². The molecule has 0 radical (unpaired) electrons. The zero-order valence-electron chi connectivity index (χ0n) is 14.6. The number of cyclic esters (lactones) is 1. The average molecular weight is 368 g/mol. The van der Waals surface area contributed by atoms with Gasteiger partial charge in [0.25, 0.3) is 0 Å². The summed E-state index contributed by atoms with van der Waals surface area (Å²) in [6.07, 6.45) is 0.185. The number of hydrogen-bond acceptors (Lipinski definition) is 3. The van der Waals surface area contributed by atoms with Crippen LogP contribution in [-0.4, -0.2) is 18.5 Å². The van der Waals surface area contributed by atoms with Crippen molar-refractivity contribution in [2.24, 2.45) is 0 Å². The molecule has 4 nitrogen and oxygen atoms in total. The summed E-state index contributed by atoms with van der Waals surface area (Å²) in [7, 11) is 0. The van der Waals surface area contributed by atoms with Crippen molar-refractivity contribution in [2.45, 2.75) is 26.2 Å². The first kappa shape index (κ1) is 16.9. The summed E-state index contributed by atoms with van der Waals surface area (Å²) in [5, 5.41) is 0.553. The topological polar surface area (TPSA) is 46.6 Å². The van der Waals surface area contributed by atoms with Crippen molar-refractivity contribution in [2.75, 3.05) is 11.5 Å². The molecule has 0 fully saturated rings. The van der Waals surface area contributed by atoms with E-state index in [0.717, 1.165) is 22.4 Å². The van der Waals surface area contributed by atoms with Crippen LogP contribution >= 0.6 is 11.6 Å². The normalized spacial score (nSPS) is 19.7. The SMILES string of the molecule is Cc1cc(C)cc(N2C(=O)C[C@@H](c3ccccc3Cl)C3=C2COC3=O)c1. The van der Waals surface area contributed by atoms with Gasteiger partial charge in [0.2, 0.25) is 5.91 Å². The number of halogens is 1. The van der Waals surface area contributed by atoms with Gasteiger partial charge in [-0.1, -0.05) is 35.9 Å². The zero-order chi connectivity index (χ0) is 18.4. The minimum Gasteiger partial charge on any atom is -0.456 e. The van der Waals surface area contributed by atoms with Gasteiger partial charge in [0.15, 0.2) is 0 Å². The maximum absolute atomic E-state index is 13.0. The summed E-state index contributed by atoms with van der Waals surface area (Å²) in [5.41, 5.74) is 4.85. The molecule has 0 aromatic heterocycles. The summed E-state index contributed by atoms with van der Waals surface area (Å²) < 4.78 is 5.30. The molecule has 0 aliphatic carbocycles. The number of hydrogen-bond donors (Lipinski definition) is 0. The van der Waals surface area contributed by atoms with Crippen molar-refractivity contribution in [3.63, 3.8) is 0 Å². The van der Waals surface area contributed by atoms with Crippen molar-refractivity contribution in [1.82, 2.24) is 0 Å². The van der Waals surface area contributed by atoms with Crippen LogP contribution in [0.1, 0.15) is 29.0 Å². The van der Waals surface area contributed by atoms with Crippen LogP contribution in [0.3, 0.4) is 0 Å². The van der Waals surface area contributed by atoms with Crippen molar-refractivity contribution in [3.05, 3.63) is 75.4 Å². The standard InChI is InChI=1S/C21H18ClNO3/c1-12-7-13(2)9-14(8-12)23-18-11-26-21(25)20(18)16(10-19(23)24)15-5-3-4-6-17(15)22/h3-9,16H,10-11H2,1-2H3/t16-/m0/s1. The molecule has 0 saturated heterocycles. The fourth-order valence-electron chi connectivity index (χ4n) is 3.86. The molecule has 0 unspecified atom stereocenters.